The summed E-state index contributed by atoms with van der Waals surface area (Å²) >= 11 is 0. The second-order valence-corrected chi connectivity index (χ2v) is 5.92. The van der Waals surface area contributed by atoms with Gasteiger partial charge in [0.1, 0.15) is 5.60 Å². The predicted octanol–water partition coefficient (Wildman–Crippen LogP) is 2.26. The first-order valence-electron chi connectivity index (χ1n) is 5.28. The van der Waals surface area contributed by atoms with Gasteiger partial charge in [0, 0.05) is 13.1 Å². The van der Waals surface area contributed by atoms with Crippen LogP contribution in [0.15, 0.2) is 0 Å². The van der Waals surface area contributed by atoms with Crippen LogP contribution >= 0.6 is 0 Å². The lowest BCUT2D eigenvalue weighted by molar-refractivity contribution is 0.0264. The normalized spacial score (nSPS) is 35.4. The van der Waals surface area contributed by atoms with Crippen LogP contribution in [-0.4, -0.2) is 29.7 Å². The van der Waals surface area contributed by atoms with Crippen LogP contribution < -0.4 is 0 Å². The summed E-state index contributed by atoms with van der Waals surface area (Å²) in [5, 5.41) is 0. The van der Waals surface area contributed by atoms with E-state index < -0.39 is 0 Å². The van der Waals surface area contributed by atoms with E-state index in [1.165, 1.54) is 6.42 Å². The molecule has 1 aliphatic carbocycles. The van der Waals surface area contributed by atoms with Gasteiger partial charge in [-0.15, -0.1) is 0 Å². The summed E-state index contributed by atoms with van der Waals surface area (Å²) in [4.78, 5) is 13.5. The SMILES string of the molecule is CC(C)(C)OC(=O)N1C[C@@H]2C[C@]2(C)C1. The molecule has 0 N–H and O–H groups in total. The Hall–Kier alpha value is -0.730. The van der Waals surface area contributed by atoms with Gasteiger partial charge in [0.2, 0.25) is 0 Å². The number of hydrogen-bond donors (Lipinski definition) is 0. The van der Waals surface area contributed by atoms with Gasteiger partial charge < -0.3 is 9.64 Å². The lowest BCUT2D eigenvalue weighted by atomic mass is 10.1. The van der Waals surface area contributed by atoms with Crippen LogP contribution in [0.3, 0.4) is 0 Å². The van der Waals surface area contributed by atoms with Gasteiger partial charge in [-0.05, 0) is 38.5 Å². The molecule has 0 spiro atoms. The fourth-order valence-corrected chi connectivity index (χ4v) is 2.21. The molecule has 0 radical (unpaired) electrons. The molecule has 0 aromatic rings. The molecule has 2 rings (SSSR count). The third kappa shape index (κ3) is 1.72. The van der Waals surface area contributed by atoms with Crippen LogP contribution in [0.4, 0.5) is 4.79 Å². The Labute approximate surface area is 85.4 Å². The van der Waals surface area contributed by atoms with E-state index in [1.807, 2.05) is 25.7 Å². The largest absolute Gasteiger partial charge is 0.444 e. The monoisotopic (exact) mass is 197 g/mol. The fourth-order valence-electron chi connectivity index (χ4n) is 2.21. The lowest BCUT2D eigenvalue weighted by Gasteiger charge is -2.25. The maximum absolute atomic E-state index is 11.7. The number of likely N-dealkylation sites (tertiary alicyclic amines) is 1. The minimum absolute atomic E-state index is 0.147. The molecule has 1 amide bonds. The molecule has 1 saturated heterocycles. The molecule has 2 aliphatic rings. The first kappa shape index (κ1) is 9.81. The van der Waals surface area contributed by atoms with Crippen LogP contribution in [-0.2, 0) is 4.74 Å². The smallest absolute Gasteiger partial charge is 0.410 e. The Balaban J connectivity index is 1.89. The van der Waals surface area contributed by atoms with E-state index in [9.17, 15) is 4.79 Å². The molecule has 2 fully saturated rings. The molecule has 80 valence electrons. The molecule has 3 heteroatoms. The van der Waals surface area contributed by atoms with Gasteiger partial charge in [-0.1, -0.05) is 6.92 Å². The molecule has 1 heterocycles. The highest BCUT2D eigenvalue weighted by Gasteiger charge is 2.57. The molecular formula is C11H19NO2. The van der Waals surface area contributed by atoms with E-state index >= 15 is 0 Å². The zero-order valence-corrected chi connectivity index (χ0v) is 9.46. The van der Waals surface area contributed by atoms with Crippen molar-refractivity contribution in [2.45, 2.75) is 39.7 Å². The van der Waals surface area contributed by atoms with E-state index in [0.29, 0.717) is 5.41 Å². The van der Waals surface area contributed by atoms with Crippen LogP contribution in [0.25, 0.3) is 0 Å². The van der Waals surface area contributed by atoms with Crippen molar-refractivity contribution in [3.63, 3.8) is 0 Å². The van der Waals surface area contributed by atoms with Crippen molar-refractivity contribution in [1.29, 1.82) is 0 Å². The molecular weight excluding hydrogens is 178 g/mol. The van der Waals surface area contributed by atoms with Crippen molar-refractivity contribution < 1.29 is 9.53 Å². The van der Waals surface area contributed by atoms with Gasteiger partial charge in [-0.3, -0.25) is 0 Å². The zero-order chi connectivity index (χ0) is 10.6. The Morgan fingerprint density at radius 1 is 1.50 bits per heavy atom. The van der Waals surface area contributed by atoms with Gasteiger partial charge in [-0.25, -0.2) is 4.79 Å². The van der Waals surface area contributed by atoms with Crippen LogP contribution in [0.2, 0.25) is 0 Å². The fraction of sp³-hybridized carbons (Fsp3) is 0.909. The Kier molecular flexibility index (Phi) is 1.85. The minimum Gasteiger partial charge on any atom is -0.444 e. The summed E-state index contributed by atoms with van der Waals surface area (Å²) in [6, 6.07) is 0. The van der Waals surface area contributed by atoms with E-state index in [-0.39, 0.29) is 11.7 Å². The van der Waals surface area contributed by atoms with Crippen molar-refractivity contribution >= 4 is 6.09 Å². The molecule has 0 bridgehead atoms. The van der Waals surface area contributed by atoms with E-state index in [4.69, 9.17) is 4.74 Å². The van der Waals surface area contributed by atoms with Crippen LogP contribution in [0.1, 0.15) is 34.1 Å². The topological polar surface area (TPSA) is 29.5 Å². The third-order valence-corrected chi connectivity index (χ3v) is 3.18. The van der Waals surface area contributed by atoms with E-state index in [2.05, 4.69) is 6.92 Å². The summed E-state index contributed by atoms with van der Waals surface area (Å²) in [5.41, 5.74) is 0.0433. The second kappa shape index (κ2) is 2.65. The standard InChI is InChI=1S/C11H19NO2/c1-10(2,3)14-9(13)12-6-8-5-11(8,4)7-12/h8H,5-7H2,1-4H3/t8-,11+/m0/s1. The van der Waals surface area contributed by atoms with Crippen molar-refractivity contribution in [3.05, 3.63) is 0 Å². The van der Waals surface area contributed by atoms with Gasteiger partial charge in [0.05, 0.1) is 0 Å². The summed E-state index contributed by atoms with van der Waals surface area (Å²) in [6.07, 6.45) is 1.14. The Morgan fingerprint density at radius 3 is 2.57 bits per heavy atom. The first-order chi connectivity index (χ1) is 6.30. The molecule has 14 heavy (non-hydrogen) atoms. The van der Waals surface area contributed by atoms with Crippen molar-refractivity contribution in [1.82, 2.24) is 4.90 Å². The number of carbonyl (C=O) groups is 1. The number of hydrogen-bond acceptors (Lipinski definition) is 2. The summed E-state index contributed by atoms with van der Waals surface area (Å²) in [6.45, 7) is 9.75. The average Bonchev–Trinajstić information content (AvgIpc) is 2.47. The second-order valence-electron chi connectivity index (χ2n) is 5.92. The molecule has 0 aromatic heterocycles. The molecule has 3 nitrogen and oxygen atoms in total. The lowest BCUT2D eigenvalue weighted by Crippen LogP contribution is -2.37. The summed E-state index contributed by atoms with van der Waals surface area (Å²) in [5.74, 6) is 0.731. The van der Waals surface area contributed by atoms with Gasteiger partial charge in [-0.2, -0.15) is 0 Å². The summed E-state index contributed by atoms with van der Waals surface area (Å²) in [7, 11) is 0. The maximum atomic E-state index is 11.7. The predicted molar refractivity (Wildman–Crippen MR) is 54.0 cm³/mol. The van der Waals surface area contributed by atoms with Crippen LogP contribution in [0.5, 0.6) is 0 Å². The molecule has 0 unspecified atom stereocenters. The number of rotatable bonds is 0. The van der Waals surface area contributed by atoms with Crippen molar-refractivity contribution in [2.75, 3.05) is 13.1 Å². The highest BCUT2D eigenvalue weighted by Crippen LogP contribution is 2.57. The van der Waals surface area contributed by atoms with Gasteiger partial charge in [0.25, 0.3) is 0 Å². The number of carbonyl (C=O) groups excluding carboxylic acids is 1. The highest BCUT2D eigenvalue weighted by atomic mass is 16.6. The Morgan fingerprint density at radius 2 is 2.14 bits per heavy atom. The molecule has 1 saturated carbocycles. The first-order valence-corrected chi connectivity index (χ1v) is 5.28. The van der Waals surface area contributed by atoms with E-state index in [1.54, 1.807) is 0 Å². The van der Waals surface area contributed by atoms with Gasteiger partial charge >= 0.3 is 6.09 Å². The molecule has 2 atom stereocenters. The molecule has 1 aliphatic heterocycles. The van der Waals surface area contributed by atoms with Crippen molar-refractivity contribution in [3.8, 4) is 0 Å². The molecule has 0 aromatic carbocycles. The zero-order valence-electron chi connectivity index (χ0n) is 9.46. The number of ether oxygens (including phenoxy) is 1. The quantitative estimate of drug-likeness (QED) is 0.596. The highest BCUT2D eigenvalue weighted by molar-refractivity contribution is 5.69. The number of nitrogens with zero attached hydrogens (tertiary/aromatic N) is 1. The number of amides is 1. The third-order valence-electron chi connectivity index (χ3n) is 3.18. The maximum Gasteiger partial charge on any atom is 0.410 e. The van der Waals surface area contributed by atoms with Crippen LogP contribution in [0, 0.1) is 11.3 Å². The number of piperidine rings is 1. The van der Waals surface area contributed by atoms with Crippen molar-refractivity contribution in [2.24, 2.45) is 11.3 Å². The number of fused-ring (bicyclic) bond motifs is 1. The van der Waals surface area contributed by atoms with Gasteiger partial charge in [0.15, 0.2) is 0 Å². The summed E-state index contributed by atoms with van der Waals surface area (Å²) < 4.78 is 5.32. The average molecular weight is 197 g/mol. The van der Waals surface area contributed by atoms with E-state index in [0.717, 1.165) is 19.0 Å². The minimum atomic E-state index is -0.370. The Bertz CT molecular complexity index is 269.